The van der Waals surface area contributed by atoms with E-state index in [2.05, 4.69) is 32.7 Å². The first-order valence-electron chi connectivity index (χ1n) is 30.6. The Hall–Kier alpha value is -7.60. The summed E-state index contributed by atoms with van der Waals surface area (Å²) in [6.07, 6.45) is -0.119. The number of hydrogen-bond acceptors (Lipinski definition) is 13. The first kappa shape index (κ1) is 65.8. The highest BCUT2D eigenvalue weighted by Crippen LogP contribution is 2.44. The summed E-state index contributed by atoms with van der Waals surface area (Å²) in [5.41, 5.74) is -0.195. The third-order valence-electron chi connectivity index (χ3n) is 17.5. The maximum Gasteiger partial charge on any atom is 0.410 e. The molecule has 5 aliphatic rings. The smallest absolute Gasteiger partial charge is 0.410 e. The molecule has 3 fully saturated rings. The molecule has 4 aromatic rings. The second kappa shape index (κ2) is 26.8. The predicted octanol–water partition coefficient (Wildman–Crippen LogP) is 8.16. The van der Waals surface area contributed by atoms with E-state index in [1.807, 2.05) is 45.9 Å². The van der Waals surface area contributed by atoms with Crippen LogP contribution in [0.25, 0.3) is 0 Å². The zero-order valence-electron chi connectivity index (χ0n) is 52.8. The van der Waals surface area contributed by atoms with Gasteiger partial charge in [0.2, 0.25) is 23.6 Å². The Bertz CT molecular complexity index is 3300. The molecule has 0 aromatic heterocycles. The maximum absolute atomic E-state index is 15.4. The van der Waals surface area contributed by atoms with Gasteiger partial charge in [0.25, 0.3) is 5.91 Å². The zero-order chi connectivity index (χ0) is 64.4. The number of rotatable bonds is 15. The van der Waals surface area contributed by atoms with Crippen molar-refractivity contribution >= 4 is 58.8 Å². The lowest BCUT2D eigenvalue weighted by Crippen LogP contribution is -2.64. The number of halogens is 3. The SMILES string of the molecule is CC(C(=O)NC(C(=O)N1Cc2ccc(NC(=O)[C@]3(C)CN(C(=O)CN4C[C@@H](C)N(C(=O)OC(C)(C)C)C[C@@H]4CN4CCOC[C@H]4C)c4cc(Cc5ccc(F)cc5)ccc43)cc2[C@H]1C(=O)Nc1c(F)cccc1F)C1CCOCC1)N(C)C(=O)OC(C)(C)C. The average molecular weight is 1240 g/mol. The van der Waals surface area contributed by atoms with Crippen molar-refractivity contribution < 1.29 is 65.7 Å². The Morgan fingerprint density at radius 3 is 2.11 bits per heavy atom. The number of nitrogens with zero attached hydrogens (tertiary/aromatic N) is 6. The van der Waals surface area contributed by atoms with Crippen LogP contribution in [0.4, 0.5) is 39.8 Å². The van der Waals surface area contributed by atoms with Crippen LogP contribution in [-0.4, -0.2) is 180 Å². The fraction of sp³-hybridized carbons (Fsp3) is 0.530. The molecule has 3 N–H and O–H groups in total. The normalized spacial score (nSPS) is 22.3. The van der Waals surface area contributed by atoms with Gasteiger partial charge < -0.3 is 49.6 Å². The van der Waals surface area contributed by atoms with Crippen LogP contribution >= 0.6 is 0 Å². The van der Waals surface area contributed by atoms with E-state index in [1.165, 1.54) is 37.1 Å². The Morgan fingerprint density at radius 1 is 0.775 bits per heavy atom. The number of carbonyl (C=O) groups excluding carboxylic acids is 7. The number of piperazine rings is 1. The van der Waals surface area contributed by atoms with E-state index in [1.54, 1.807) is 61.8 Å². The van der Waals surface area contributed by atoms with Crippen molar-refractivity contribution in [2.45, 2.75) is 148 Å². The van der Waals surface area contributed by atoms with Crippen molar-refractivity contribution in [3.63, 3.8) is 0 Å². The standard InChI is InChI=1S/C66H84F3N9O11/c1-39-32-75(48(34-74-25-28-87-37-40(74)2)35-76(39)63(85)89-65(7,8)9)36-54(79)78-38-66(10,50-22-17-43(30-53(50)78)29-42-15-19-46(67)20-16-42)61(83)70-47-21-18-45-33-77(57(49(45)31-47)59(81)72-56-51(68)13-12-14-52(56)69)60(82)55(44-23-26-86-27-24-44)71-58(80)41(3)73(11)62(84)88-64(4,5)6/h12-22,30-31,39-41,44,48,55,57H,23-29,32-38H2,1-11H3,(H,70,83)(H,71,80)(H,72,81)/t39-,40-,41?,48+,55?,57+,66-/m1/s1. The Balaban J connectivity index is 1.02. The van der Waals surface area contributed by atoms with Gasteiger partial charge in [-0.1, -0.05) is 36.4 Å². The van der Waals surface area contributed by atoms with Crippen LogP contribution in [0.5, 0.6) is 0 Å². The van der Waals surface area contributed by atoms with Crippen LogP contribution in [-0.2, 0) is 61.3 Å². The van der Waals surface area contributed by atoms with Gasteiger partial charge in [-0.15, -0.1) is 0 Å². The van der Waals surface area contributed by atoms with Crippen LogP contribution in [0.1, 0.15) is 116 Å². The van der Waals surface area contributed by atoms with Gasteiger partial charge in [0.05, 0.1) is 25.2 Å². The molecule has 0 saturated carbocycles. The van der Waals surface area contributed by atoms with E-state index >= 15 is 23.2 Å². The first-order valence-corrected chi connectivity index (χ1v) is 30.6. The number of benzene rings is 4. The molecule has 9 rings (SSSR count). The van der Waals surface area contributed by atoms with Gasteiger partial charge in [0, 0.05) is 89.0 Å². The van der Waals surface area contributed by atoms with Crippen LogP contribution in [0.3, 0.4) is 0 Å². The number of nitrogens with one attached hydrogen (secondary N) is 3. The lowest BCUT2D eigenvalue weighted by atomic mass is 9.82. The number of ether oxygens (including phenoxy) is 4. The molecule has 0 spiro atoms. The highest BCUT2D eigenvalue weighted by atomic mass is 19.1. The quantitative estimate of drug-likeness (QED) is 0.103. The number of hydrogen-bond donors (Lipinski definition) is 3. The number of carbonyl (C=O) groups is 7. The zero-order valence-corrected chi connectivity index (χ0v) is 52.8. The maximum atomic E-state index is 15.4. The molecule has 3 saturated heterocycles. The van der Waals surface area contributed by atoms with Crippen LogP contribution in [0.2, 0.25) is 0 Å². The molecular weight excluding hydrogens is 1150 g/mol. The fourth-order valence-corrected chi connectivity index (χ4v) is 12.4. The highest BCUT2D eigenvalue weighted by Gasteiger charge is 2.49. The van der Waals surface area contributed by atoms with E-state index in [9.17, 15) is 23.6 Å². The number of likely N-dealkylation sites (N-methyl/N-ethyl adjacent to an activating group) is 1. The molecule has 0 bridgehead atoms. The molecular formula is C66H84F3N9O11. The van der Waals surface area contributed by atoms with E-state index in [0.717, 1.165) is 34.2 Å². The van der Waals surface area contributed by atoms with Crippen LogP contribution in [0.15, 0.2) is 78.9 Å². The lowest BCUT2D eigenvalue weighted by molar-refractivity contribution is -0.144. The first-order chi connectivity index (χ1) is 42.0. The van der Waals surface area contributed by atoms with Gasteiger partial charge in [0.15, 0.2) is 0 Å². The second-order valence-corrected chi connectivity index (χ2v) is 26.5. The van der Waals surface area contributed by atoms with E-state index in [0.29, 0.717) is 75.5 Å². The molecule has 480 valence electrons. The summed E-state index contributed by atoms with van der Waals surface area (Å²) in [6.45, 7) is 20.9. The number of morpholine rings is 1. The number of amides is 7. The summed E-state index contributed by atoms with van der Waals surface area (Å²) < 4.78 is 67.5. The minimum absolute atomic E-state index is 0.0588. The van der Waals surface area contributed by atoms with E-state index < -0.39 is 93.8 Å². The summed E-state index contributed by atoms with van der Waals surface area (Å²) in [6, 6.07) is 15.1. The highest BCUT2D eigenvalue weighted by molar-refractivity contribution is 6.07. The molecule has 7 amide bonds. The molecule has 20 nitrogen and oxygen atoms in total. The third kappa shape index (κ3) is 15.2. The molecule has 5 aliphatic heterocycles. The largest absolute Gasteiger partial charge is 0.444 e. The van der Waals surface area contributed by atoms with Crippen molar-refractivity contribution in [3.05, 3.63) is 124 Å². The van der Waals surface area contributed by atoms with Gasteiger partial charge in [-0.3, -0.25) is 38.7 Å². The summed E-state index contributed by atoms with van der Waals surface area (Å²) >= 11 is 0. The fourth-order valence-electron chi connectivity index (χ4n) is 12.4. The second-order valence-electron chi connectivity index (χ2n) is 26.5. The topological polar surface area (TPSA) is 212 Å². The van der Waals surface area contributed by atoms with E-state index in [-0.39, 0.29) is 73.9 Å². The van der Waals surface area contributed by atoms with Crippen molar-refractivity contribution in [3.8, 4) is 0 Å². The monoisotopic (exact) mass is 1240 g/mol. The Labute approximate surface area is 518 Å². The summed E-state index contributed by atoms with van der Waals surface area (Å²) in [4.78, 5) is 112. The van der Waals surface area contributed by atoms with Gasteiger partial charge in [-0.2, -0.15) is 0 Å². The van der Waals surface area contributed by atoms with Crippen LogP contribution < -0.4 is 20.9 Å². The lowest BCUT2D eigenvalue weighted by Gasteiger charge is -2.47. The van der Waals surface area contributed by atoms with Crippen LogP contribution in [0, 0.1) is 23.4 Å². The van der Waals surface area contributed by atoms with Crippen molar-refractivity contribution in [1.29, 1.82) is 0 Å². The summed E-state index contributed by atoms with van der Waals surface area (Å²) in [7, 11) is 1.40. The summed E-state index contributed by atoms with van der Waals surface area (Å²) in [5.74, 6) is -6.17. The minimum atomic E-state index is -1.56. The molecule has 5 heterocycles. The van der Waals surface area contributed by atoms with Gasteiger partial charge in [-0.25, -0.2) is 22.8 Å². The Kier molecular flexibility index (Phi) is 19.9. The summed E-state index contributed by atoms with van der Waals surface area (Å²) in [5, 5.41) is 8.30. The molecule has 4 aromatic carbocycles. The molecule has 89 heavy (non-hydrogen) atoms. The van der Waals surface area contributed by atoms with Gasteiger partial charge >= 0.3 is 12.2 Å². The molecule has 0 radical (unpaired) electrons. The number of fused-ring (bicyclic) bond motifs is 2. The molecule has 2 unspecified atom stereocenters. The molecule has 7 atom stereocenters. The van der Waals surface area contributed by atoms with Gasteiger partial charge in [0.1, 0.15) is 52.5 Å². The van der Waals surface area contributed by atoms with Crippen molar-refractivity contribution in [2.24, 2.45) is 5.92 Å². The molecule has 0 aliphatic carbocycles. The minimum Gasteiger partial charge on any atom is -0.444 e. The van der Waals surface area contributed by atoms with Crippen molar-refractivity contribution in [2.75, 3.05) is 88.3 Å². The Morgan fingerprint density at radius 2 is 1.45 bits per heavy atom. The van der Waals surface area contributed by atoms with Gasteiger partial charge in [-0.05, 0) is 165 Å². The third-order valence-corrected chi connectivity index (χ3v) is 17.5. The average Bonchev–Trinajstić information content (AvgIpc) is 1.70. The predicted molar refractivity (Wildman–Crippen MR) is 327 cm³/mol. The molecule has 23 heteroatoms. The number of para-hydroxylation sites is 1. The number of anilines is 3. The van der Waals surface area contributed by atoms with Crippen molar-refractivity contribution in [1.82, 2.24) is 29.8 Å². The van der Waals surface area contributed by atoms with E-state index in [4.69, 9.17) is 18.9 Å².